The molecule has 2 aliphatic rings. The fourth-order valence-electron chi connectivity index (χ4n) is 3.76. The molecule has 0 radical (unpaired) electrons. The average molecular weight is 362 g/mol. The van der Waals surface area contributed by atoms with E-state index in [4.69, 9.17) is 4.74 Å². The van der Waals surface area contributed by atoms with Crippen LogP contribution in [0.25, 0.3) is 0 Å². The van der Waals surface area contributed by atoms with Gasteiger partial charge in [-0.1, -0.05) is 13.0 Å². The lowest BCUT2D eigenvalue weighted by Gasteiger charge is -2.39. The number of carbonyl (C=O) groups excluding carboxylic acids is 1. The minimum absolute atomic E-state index is 0.0390. The van der Waals surface area contributed by atoms with Crippen LogP contribution in [-0.4, -0.2) is 78.3 Å². The van der Waals surface area contributed by atoms with Crippen molar-refractivity contribution in [3.05, 3.63) is 23.9 Å². The normalized spacial score (nSPS) is 25.3. The van der Waals surface area contributed by atoms with Crippen LogP contribution in [0.1, 0.15) is 31.4 Å². The first-order valence-electron chi connectivity index (χ1n) is 9.51. The van der Waals surface area contributed by atoms with E-state index >= 15 is 0 Å². The summed E-state index contributed by atoms with van der Waals surface area (Å²) in [6, 6.07) is 3.65. The number of carbonyl (C=O) groups is 1. The highest BCUT2D eigenvalue weighted by Gasteiger charge is 2.36. The Hall–Kier alpha value is -1.70. The van der Waals surface area contributed by atoms with Crippen molar-refractivity contribution in [2.75, 3.05) is 46.4 Å². The fraction of sp³-hybridized carbons (Fsp3) is 0.684. The molecule has 1 saturated heterocycles. The number of pyridine rings is 1. The molecule has 7 nitrogen and oxygen atoms in total. The Balaban J connectivity index is 1.59. The number of nitrogens with one attached hydrogen (secondary N) is 1. The first-order chi connectivity index (χ1) is 12.6. The van der Waals surface area contributed by atoms with Gasteiger partial charge in [-0.2, -0.15) is 0 Å². The SMILES string of the molecule is CCN1CCN(CC(=O)N[C@H](c2ccc(OC)nc2)C2CC(O)C2)CC1. The number of aromatic nitrogens is 1. The van der Waals surface area contributed by atoms with Crippen LogP contribution >= 0.6 is 0 Å². The number of aliphatic hydroxyl groups excluding tert-OH is 1. The van der Waals surface area contributed by atoms with Crippen LogP contribution in [0.3, 0.4) is 0 Å². The van der Waals surface area contributed by atoms with Crippen LogP contribution in [-0.2, 0) is 4.79 Å². The zero-order valence-electron chi connectivity index (χ0n) is 15.7. The smallest absolute Gasteiger partial charge is 0.234 e. The number of nitrogens with zero attached hydrogens (tertiary/aromatic N) is 3. The lowest BCUT2D eigenvalue weighted by molar-refractivity contribution is -0.124. The molecule has 0 spiro atoms. The van der Waals surface area contributed by atoms with Crippen molar-refractivity contribution >= 4 is 5.91 Å². The Morgan fingerprint density at radius 1 is 1.31 bits per heavy atom. The summed E-state index contributed by atoms with van der Waals surface area (Å²) in [6.45, 7) is 7.55. The monoisotopic (exact) mass is 362 g/mol. The quantitative estimate of drug-likeness (QED) is 0.742. The molecule has 3 rings (SSSR count). The number of rotatable bonds is 7. The highest BCUT2D eigenvalue weighted by molar-refractivity contribution is 5.78. The van der Waals surface area contributed by atoms with Crippen LogP contribution in [0.15, 0.2) is 18.3 Å². The van der Waals surface area contributed by atoms with Crippen LogP contribution in [0, 0.1) is 5.92 Å². The Morgan fingerprint density at radius 2 is 2.00 bits per heavy atom. The second-order valence-corrected chi connectivity index (χ2v) is 7.27. The summed E-state index contributed by atoms with van der Waals surface area (Å²) in [6.07, 6.45) is 2.93. The van der Waals surface area contributed by atoms with Gasteiger partial charge < -0.3 is 20.1 Å². The van der Waals surface area contributed by atoms with Crippen LogP contribution < -0.4 is 10.1 Å². The van der Waals surface area contributed by atoms with Crippen LogP contribution in [0.5, 0.6) is 5.88 Å². The average Bonchev–Trinajstić information content (AvgIpc) is 2.64. The van der Waals surface area contributed by atoms with E-state index in [0.29, 0.717) is 25.3 Å². The van der Waals surface area contributed by atoms with Gasteiger partial charge in [-0.05, 0) is 30.9 Å². The third-order valence-electron chi connectivity index (χ3n) is 5.54. The molecule has 2 heterocycles. The van der Waals surface area contributed by atoms with Crippen molar-refractivity contribution < 1.29 is 14.6 Å². The van der Waals surface area contributed by atoms with Gasteiger partial charge >= 0.3 is 0 Å². The third kappa shape index (κ3) is 4.72. The van der Waals surface area contributed by atoms with Gasteiger partial charge in [0.25, 0.3) is 0 Å². The van der Waals surface area contributed by atoms with Gasteiger partial charge in [0.1, 0.15) is 0 Å². The second kappa shape index (κ2) is 8.79. The molecule has 1 aromatic rings. The molecule has 1 amide bonds. The minimum Gasteiger partial charge on any atom is -0.481 e. The van der Waals surface area contributed by atoms with E-state index < -0.39 is 0 Å². The number of ether oxygens (including phenoxy) is 1. The van der Waals surface area contributed by atoms with Gasteiger partial charge in [-0.25, -0.2) is 4.98 Å². The Bertz CT molecular complexity index is 581. The van der Waals surface area contributed by atoms with Crippen molar-refractivity contribution in [2.24, 2.45) is 5.92 Å². The van der Waals surface area contributed by atoms with E-state index in [1.165, 1.54) is 0 Å². The van der Waals surface area contributed by atoms with E-state index in [1.54, 1.807) is 13.3 Å². The zero-order chi connectivity index (χ0) is 18.5. The molecule has 1 saturated carbocycles. The molecule has 26 heavy (non-hydrogen) atoms. The van der Waals surface area contributed by atoms with Gasteiger partial charge in [0.15, 0.2) is 0 Å². The minimum atomic E-state index is -0.257. The molecular weight excluding hydrogens is 332 g/mol. The topological polar surface area (TPSA) is 77.9 Å². The molecule has 7 heteroatoms. The summed E-state index contributed by atoms with van der Waals surface area (Å²) in [5.74, 6) is 0.847. The van der Waals surface area contributed by atoms with Gasteiger partial charge in [0.05, 0.1) is 25.8 Å². The molecule has 144 valence electrons. The van der Waals surface area contributed by atoms with E-state index in [-0.39, 0.29) is 24.0 Å². The largest absolute Gasteiger partial charge is 0.481 e. The van der Waals surface area contributed by atoms with Crippen molar-refractivity contribution in [2.45, 2.75) is 31.9 Å². The highest BCUT2D eigenvalue weighted by Crippen LogP contribution is 2.38. The standard InChI is InChI=1S/C19H30N4O3/c1-3-22-6-8-23(9-7-22)13-17(25)21-19(15-10-16(24)11-15)14-4-5-18(26-2)20-12-14/h4-5,12,15-16,19,24H,3,6-11,13H2,1-2H3,(H,21,25)/t15?,16?,19-/m1/s1. The van der Waals surface area contributed by atoms with Gasteiger partial charge in [0, 0.05) is 38.4 Å². The van der Waals surface area contributed by atoms with E-state index in [0.717, 1.165) is 38.3 Å². The summed E-state index contributed by atoms with van der Waals surface area (Å²) in [4.78, 5) is 21.5. The Kier molecular flexibility index (Phi) is 6.45. The number of likely N-dealkylation sites (N-methyl/N-ethyl adjacent to an activating group) is 1. The van der Waals surface area contributed by atoms with Crippen LogP contribution in [0.4, 0.5) is 0 Å². The van der Waals surface area contributed by atoms with Crippen LogP contribution in [0.2, 0.25) is 0 Å². The second-order valence-electron chi connectivity index (χ2n) is 7.27. The molecule has 2 N–H and O–H groups in total. The molecule has 1 aliphatic carbocycles. The molecule has 0 aromatic carbocycles. The summed E-state index contributed by atoms with van der Waals surface area (Å²) in [7, 11) is 1.59. The van der Waals surface area contributed by atoms with E-state index in [1.807, 2.05) is 12.1 Å². The maximum Gasteiger partial charge on any atom is 0.234 e. The summed E-state index contributed by atoms with van der Waals surface area (Å²) in [5, 5.41) is 12.9. The lowest BCUT2D eigenvalue weighted by Crippen LogP contribution is -2.50. The molecule has 1 atom stereocenters. The first-order valence-corrected chi connectivity index (χ1v) is 9.51. The molecule has 1 aliphatic heterocycles. The lowest BCUT2D eigenvalue weighted by atomic mass is 9.75. The molecule has 0 bridgehead atoms. The Labute approximate surface area is 155 Å². The molecule has 0 unspecified atom stereocenters. The number of aliphatic hydroxyl groups is 1. The molecule has 2 fully saturated rings. The fourth-order valence-corrected chi connectivity index (χ4v) is 3.76. The highest BCUT2D eigenvalue weighted by atomic mass is 16.5. The Morgan fingerprint density at radius 3 is 2.54 bits per heavy atom. The molecular formula is C19H30N4O3. The first kappa shape index (κ1) is 19.1. The third-order valence-corrected chi connectivity index (χ3v) is 5.54. The van der Waals surface area contributed by atoms with Crippen molar-refractivity contribution in [1.82, 2.24) is 20.1 Å². The number of methoxy groups -OCH3 is 1. The summed E-state index contributed by atoms with van der Waals surface area (Å²) < 4.78 is 5.12. The number of hydrogen-bond acceptors (Lipinski definition) is 6. The van der Waals surface area contributed by atoms with Crippen molar-refractivity contribution in [3.8, 4) is 5.88 Å². The van der Waals surface area contributed by atoms with Gasteiger partial charge in [-0.3, -0.25) is 9.69 Å². The number of amides is 1. The number of piperazine rings is 1. The van der Waals surface area contributed by atoms with E-state index in [9.17, 15) is 9.90 Å². The van der Waals surface area contributed by atoms with Crippen molar-refractivity contribution in [1.29, 1.82) is 0 Å². The zero-order valence-corrected chi connectivity index (χ0v) is 15.7. The molecule has 1 aromatic heterocycles. The summed E-state index contributed by atoms with van der Waals surface area (Å²) >= 11 is 0. The van der Waals surface area contributed by atoms with Gasteiger partial charge in [0.2, 0.25) is 11.8 Å². The van der Waals surface area contributed by atoms with Gasteiger partial charge in [-0.15, -0.1) is 0 Å². The predicted octanol–water partition coefficient (Wildman–Crippen LogP) is 0.656. The van der Waals surface area contributed by atoms with E-state index in [2.05, 4.69) is 27.0 Å². The predicted molar refractivity (Wildman–Crippen MR) is 99.0 cm³/mol. The maximum absolute atomic E-state index is 12.6. The maximum atomic E-state index is 12.6. The summed E-state index contributed by atoms with van der Waals surface area (Å²) in [5.41, 5.74) is 0.965. The number of hydrogen-bond donors (Lipinski definition) is 2. The van der Waals surface area contributed by atoms with Crippen molar-refractivity contribution in [3.63, 3.8) is 0 Å².